The maximum Gasteiger partial charge on any atom is 0.149 e. The first-order valence-electron chi connectivity index (χ1n) is 4.27. The average Bonchev–Trinajstić information content (AvgIpc) is 2.20. The molecule has 1 aliphatic heterocycles. The zero-order chi connectivity index (χ0) is 9.10. The molecule has 1 unspecified atom stereocenters. The highest BCUT2D eigenvalue weighted by atomic mass is 19.1. The summed E-state index contributed by atoms with van der Waals surface area (Å²) in [4.78, 5) is 4.85. The number of hydrogen-bond donors (Lipinski definition) is 0. The quantitative estimate of drug-likeness (QED) is 0.647. The fourth-order valence-corrected chi connectivity index (χ4v) is 1.31. The highest BCUT2D eigenvalue weighted by molar-refractivity contribution is 6.03. The Bertz CT molecular complexity index is 310. The van der Waals surface area contributed by atoms with Crippen molar-refractivity contribution in [3.05, 3.63) is 35.9 Å². The van der Waals surface area contributed by atoms with Crippen LogP contribution in [0.25, 0.3) is 0 Å². The van der Waals surface area contributed by atoms with Gasteiger partial charge in [-0.1, -0.05) is 35.5 Å². The summed E-state index contributed by atoms with van der Waals surface area (Å²) in [5, 5.41) is 3.72. The topological polar surface area (TPSA) is 21.6 Å². The van der Waals surface area contributed by atoms with Gasteiger partial charge in [-0.05, 0) is 0 Å². The van der Waals surface area contributed by atoms with Crippen molar-refractivity contribution in [2.45, 2.75) is 12.6 Å². The molecule has 0 bridgehead atoms. The van der Waals surface area contributed by atoms with Gasteiger partial charge in [-0.3, -0.25) is 0 Å². The van der Waals surface area contributed by atoms with Gasteiger partial charge in [0.25, 0.3) is 0 Å². The summed E-state index contributed by atoms with van der Waals surface area (Å²) in [6.07, 6.45) is -0.593. The molecule has 0 amide bonds. The van der Waals surface area contributed by atoms with Crippen LogP contribution in [0, 0.1) is 0 Å². The SMILES string of the molecule is FC1CCON=C1c1ccccc1. The first kappa shape index (κ1) is 8.23. The van der Waals surface area contributed by atoms with E-state index in [1.807, 2.05) is 30.3 Å². The van der Waals surface area contributed by atoms with Gasteiger partial charge in [0.05, 0.1) is 0 Å². The zero-order valence-corrected chi connectivity index (χ0v) is 7.11. The molecule has 0 saturated heterocycles. The number of alkyl halides is 1. The van der Waals surface area contributed by atoms with E-state index in [4.69, 9.17) is 4.84 Å². The maximum atomic E-state index is 13.3. The van der Waals surface area contributed by atoms with Crippen molar-refractivity contribution in [2.75, 3.05) is 6.61 Å². The van der Waals surface area contributed by atoms with Crippen LogP contribution in [0.2, 0.25) is 0 Å². The number of nitrogens with zero attached hydrogens (tertiary/aromatic N) is 1. The molecule has 2 nitrogen and oxygen atoms in total. The summed E-state index contributed by atoms with van der Waals surface area (Å²) in [6.45, 7) is 0.373. The molecular formula is C10H10FNO. The lowest BCUT2D eigenvalue weighted by Crippen LogP contribution is -2.23. The summed E-state index contributed by atoms with van der Waals surface area (Å²) >= 11 is 0. The van der Waals surface area contributed by atoms with E-state index < -0.39 is 6.17 Å². The molecule has 1 atom stereocenters. The van der Waals surface area contributed by atoms with Crippen molar-refractivity contribution >= 4 is 5.71 Å². The first-order valence-corrected chi connectivity index (χ1v) is 4.27. The Labute approximate surface area is 76.0 Å². The van der Waals surface area contributed by atoms with Gasteiger partial charge >= 0.3 is 0 Å². The Morgan fingerprint density at radius 3 is 2.77 bits per heavy atom. The Hall–Kier alpha value is -1.38. The second-order valence-electron chi connectivity index (χ2n) is 2.93. The van der Waals surface area contributed by atoms with Gasteiger partial charge in [0.1, 0.15) is 18.5 Å². The van der Waals surface area contributed by atoms with Gasteiger partial charge in [-0.2, -0.15) is 0 Å². The minimum atomic E-state index is -0.990. The summed E-state index contributed by atoms with van der Waals surface area (Å²) in [7, 11) is 0. The lowest BCUT2D eigenvalue weighted by atomic mass is 10.0. The van der Waals surface area contributed by atoms with Crippen LogP contribution in [0.15, 0.2) is 35.5 Å². The molecule has 1 aromatic carbocycles. The van der Waals surface area contributed by atoms with Crippen LogP contribution in [0.4, 0.5) is 4.39 Å². The van der Waals surface area contributed by atoms with Crippen molar-refractivity contribution in [3.63, 3.8) is 0 Å². The molecule has 1 aromatic rings. The van der Waals surface area contributed by atoms with Crippen LogP contribution in [0.1, 0.15) is 12.0 Å². The third-order valence-corrected chi connectivity index (χ3v) is 1.99. The van der Waals surface area contributed by atoms with E-state index in [0.29, 0.717) is 18.7 Å². The van der Waals surface area contributed by atoms with E-state index in [1.54, 1.807) is 0 Å². The highest BCUT2D eigenvalue weighted by Gasteiger charge is 2.20. The molecule has 0 N–H and O–H groups in total. The molecule has 2 rings (SSSR count). The van der Waals surface area contributed by atoms with Crippen molar-refractivity contribution in [1.29, 1.82) is 0 Å². The second kappa shape index (κ2) is 3.56. The van der Waals surface area contributed by atoms with Crippen LogP contribution < -0.4 is 0 Å². The molecule has 0 aromatic heterocycles. The predicted octanol–water partition coefficient (Wildman–Crippen LogP) is 2.15. The molecule has 1 aliphatic rings. The molecular weight excluding hydrogens is 169 g/mol. The van der Waals surface area contributed by atoms with E-state index >= 15 is 0 Å². The third-order valence-electron chi connectivity index (χ3n) is 1.99. The van der Waals surface area contributed by atoms with Crippen LogP contribution >= 0.6 is 0 Å². The van der Waals surface area contributed by atoms with E-state index in [2.05, 4.69) is 5.16 Å². The molecule has 1 heterocycles. The number of hydrogen-bond acceptors (Lipinski definition) is 2. The molecule has 0 spiro atoms. The lowest BCUT2D eigenvalue weighted by Gasteiger charge is -2.15. The fraction of sp³-hybridized carbons (Fsp3) is 0.300. The molecule has 3 heteroatoms. The van der Waals surface area contributed by atoms with Crippen molar-refractivity contribution in [3.8, 4) is 0 Å². The Morgan fingerprint density at radius 1 is 1.31 bits per heavy atom. The summed E-state index contributed by atoms with van der Waals surface area (Å²) in [6, 6.07) is 9.28. The molecule has 0 aliphatic carbocycles. The molecule has 0 saturated carbocycles. The van der Waals surface area contributed by atoms with Crippen LogP contribution in [0.5, 0.6) is 0 Å². The Morgan fingerprint density at radius 2 is 2.08 bits per heavy atom. The zero-order valence-electron chi connectivity index (χ0n) is 7.11. The van der Waals surface area contributed by atoms with Crippen molar-refractivity contribution in [1.82, 2.24) is 0 Å². The van der Waals surface area contributed by atoms with Gasteiger partial charge in [0, 0.05) is 12.0 Å². The first-order chi connectivity index (χ1) is 6.38. The van der Waals surface area contributed by atoms with Crippen molar-refractivity contribution < 1.29 is 9.23 Å². The Balaban J connectivity index is 2.30. The standard InChI is InChI=1S/C10H10FNO/c11-9-6-7-13-12-10(9)8-4-2-1-3-5-8/h1-5,9H,6-7H2. The second-order valence-corrected chi connectivity index (χ2v) is 2.93. The van der Waals surface area contributed by atoms with E-state index in [9.17, 15) is 4.39 Å². The van der Waals surface area contributed by atoms with E-state index in [-0.39, 0.29) is 0 Å². The van der Waals surface area contributed by atoms with Gasteiger partial charge < -0.3 is 4.84 Å². The number of halogens is 1. The maximum absolute atomic E-state index is 13.3. The molecule has 68 valence electrons. The minimum absolute atomic E-state index is 0.373. The average molecular weight is 179 g/mol. The summed E-state index contributed by atoms with van der Waals surface area (Å²) in [5.41, 5.74) is 1.21. The molecule has 0 radical (unpaired) electrons. The number of benzene rings is 1. The highest BCUT2D eigenvalue weighted by Crippen LogP contribution is 2.14. The third kappa shape index (κ3) is 1.69. The molecule has 13 heavy (non-hydrogen) atoms. The lowest BCUT2D eigenvalue weighted by molar-refractivity contribution is 0.110. The number of rotatable bonds is 1. The van der Waals surface area contributed by atoms with Crippen molar-refractivity contribution in [2.24, 2.45) is 5.16 Å². The molecule has 0 fully saturated rings. The normalized spacial score (nSPS) is 21.9. The number of oxime groups is 1. The fourth-order valence-electron chi connectivity index (χ4n) is 1.31. The minimum Gasteiger partial charge on any atom is -0.395 e. The van der Waals surface area contributed by atoms with Gasteiger partial charge in [0.15, 0.2) is 0 Å². The van der Waals surface area contributed by atoms with Gasteiger partial charge in [0.2, 0.25) is 0 Å². The largest absolute Gasteiger partial charge is 0.395 e. The van der Waals surface area contributed by atoms with Crippen LogP contribution in [-0.4, -0.2) is 18.5 Å². The van der Waals surface area contributed by atoms with E-state index in [1.165, 1.54) is 0 Å². The van der Waals surface area contributed by atoms with Crippen LogP contribution in [-0.2, 0) is 4.84 Å². The smallest absolute Gasteiger partial charge is 0.149 e. The monoisotopic (exact) mass is 179 g/mol. The summed E-state index contributed by atoms with van der Waals surface area (Å²) in [5.74, 6) is 0. The summed E-state index contributed by atoms with van der Waals surface area (Å²) < 4.78 is 13.3. The predicted molar refractivity (Wildman–Crippen MR) is 48.4 cm³/mol. The van der Waals surface area contributed by atoms with Gasteiger partial charge in [-0.15, -0.1) is 0 Å². The van der Waals surface area contributed by atoms with Crippen LogP contribution in [0.3, 0.4) is 0 Å². The van der Waals surface area contributed by atoms with E-state index in [0.717, 1.165) is 5.56 Å². The Kier molecular flexibility index (Phi) is 2.25. The van der Waals surface area contributed by atoms with Gasteiger partial charge in [-0.25, -0.2) is 4.39 Å².